The second-order valence-corrected chi connectivity index (χ2v) is 17.1. The smallest absolute Gasteiger partial charge is 0.249 e. The van der Waals surface area contributed by atoms with Crippen molar-refractivity contribution in [1.29, 1.82) is 0 Å². The van der Waals surface area contributed by atoms with Gasteiger partial charge in [0.1, 0.15) is 12.2 Å². The van der Waals surface area contributed by atoms with Crippen LogP contribution in [0.4, 0.5) is 0 Å². The average molecular weight is 804 g/mol. The van der Waals surface area contributed by atoms with Gasteiger partial charge in [-0.15, -0.1) is 0 Å². The number of carbonyl (C=O) groups is 1. The number of aliphatic hydroxyl groups is 4. The van der Waals surface area contributed by atoms with Crippen LogP contribution in [0, 0.1) is 0 Å². The maximum Gasteiger partial charge on any atom is 0.249 e. The van der Waals surface area contributed by atoms with Crippen molar-refractivity contribution >= 4 is 5.91 Å². The number of carbonyl (C=O) groups excluding carboxylic acids is 1. The van der Waals surface area contributed by atoms with E-state index in [1.807, 2.05) is 0 Å². The van der Waals surface area contributed by atoms with Crippen molar-refractivity contribution in [2.75, 3.05) is 6.61 Å². The standard InChI is InChI=1S/C51H97NO5/c1-3-5-7-9-11-13-15-17-19-21-23-24-25-26-27-29-30-32-34-36-38-40-42-44-48(54)50(56)47(46-53)52-51(57)49(55)45-43-41-39-37-35-33-31-28-22-20-18-16-14-12-10-8-6-4-2/h22,28-30,36,38,47-50,53-56H,3-21,23-27,31-35,37,39-46H2,1-2H3,(H,52,57)/b28-22-,30-29+,38-36+. The van der Waals surface area contributed by atoms with Crippen LogP contribution in [-0.4, -0.2) is 57.3 Å². The molecule has 4 unspecified atom stereocenters. The number of rotatable bonds is 45. The van der Waals surface area contributed by atoms with Crippen molar-refractivity contribution in [2.24, 2.45) is 0 Å². The van der Waals surface area contributed by atoms with Crippen LogP contribution in [0.15, 0.2) is 36.5 Å². The number of unbranched alkanes of at least 4 members (excludes halogenated alkanes) is 30. The van der Waals surface area contributed by atoms with Gasteiger partial charge in [0, 0.05) is 0 Å². The van der Waals surface area contributed by atoms with Gasteiger partial charge in [0.2, 0.25) is 5.91 Å². The van der Waals surface area contributed by atoms with Gasteiger partial charge >= 0.3 is 0 Å². The predicted molar refractivity (Wildman–Crippen MR) is 247 cm³/mol. The molecule has 0 rings (SSSR count). The van der Waals surface area contributed by atoms with Crippen molar-refractivity contribution in [1.82, 2.24) is 5.32 Å². The first-order chi connectivity index (χ1) is 28.0. The molecule has 5 N–H and O–H groups in total. The number of amides is 1. The van der Waals surface area contributed by atoms with Crippen LogP contribution >= 0.6 is 0 Å². The Morgan fingerprint density at radius 2 is 0.737 bits per heavy atom. The molecule has 6 nitrogen and oxygen atoms in total. The molecule has 336 valence electrons. The van der Waals surface area contributed by atoms with Crippen molar-refractivity contribution in [3.05, 3.63) is 36.5 Å². The van der Waals surface area contributed by atoms with Gasteiger partial charge < -0.3 is 25.7 Å². The van der Waals surface area contributed by atoms with E-state index in [0.29, 0.717) is 19.3 Å². The molecule has 0 aliphatic heterocycles. The molecular weight excluding hydrogens is 707 g/mol. The van der Waals surface area contributed by atoms with Crippen LogP contribution in [0.1, 0.15) is 251 Å². The van der Waals surface area contributed by atoms with Gasteiger partial charge in [-0.25, -0.2) is 0 Å². The molecule has 0 radical (unpaired) electrons. The zero-order valence-corrected chi connectivity index (χ0v) is 37.8. The first kappa shape index (κ1) is 55.5. The van der Waals surface area contributed by atoms with Gasteiger partial charge in [-0.3, -0.25) is 4.79 Å². The van der Waals surface area contributed by atoms with Crippen LogP contribution in [0.25, 0.3) is 0 Å². The Labute approximate surface area is 354 Å². The van der Waals surface area contributed by atoms with E-state index in [1.165, 1.54) is 167 Å². The van der Waals surface area contributed by atoms with E-state index >= 15 is 0 Å². The van der Waals surface area contributed by atoms with Gasteiger partial charge in [-0.05, 0) is 77.0 Å². The number of allylic oxidation sites excluding steroid dienone is 6. The maximum absolute atomic E-state index is 12.5. The van der Waals surface area contributed by atoms with E-state index in [-0.39, 0.29) is 0 Å². The molecule has 4 atom stereocenters. The summed E-state index contributed by atoms with van der Waals surface area (Å²) in [6.45, 7) is 4.05. The summed E-state index contributed by atoms with van der Waals surface area (Å²) in [4.78, 5) is 12.5. The van der Waals surface area contributed by atoms with E-state index in [2.05, 4.69) is 55.6 Å². The van der Waals surface area contributed by atoms with Crippen molar-refractivity contribution < 1.29 is 25.2 Å². The molecule has 6 heteroatoms. The minimum absolute atomic E-state index is 0.353. The minimum Gasteiger partial charge on any atom is -0.394 e. The lowest BCUT2D eigenvalue weighted by atomic mass is 10.00. The number of hydrogen-bond donors (Lipinski definition) is 5. The highest BCUT2D eigenvalue weighted by molar-refractivity contribution is 5.80. The van der Waals surface area contributed by atoms with Gasteiger partial charge in [0.15, 0.2) is 0 Å². The van der Waals surface area contributed by atoms with E-state index in [4.69, 9.17) is 0 Å². The lowest BCUT2D eigenvalue weighted by molar-refractivity contribution is -0.132. The molecule has 0 heterocycles. The summed E-state index contributed by atoms with van der Waals surface area (Å²) in [7, 11) is 0. The molecule has 0 bridgehead atoms. The molecule has 1 amide bonds. The fraction of sp³-hybridized carbons (Fsp3) is 0.863. The summed E-state index contributed by atoms with van der Waals surface area (Å²) in [6.07, 6.45) is 54.7. The third-order valence-electron chi connectivity index (χ3n) is 11.6. The Kier molecular flexibility index (Phi) is 44.4. The first-order valence-corrected chi connectivity index (χ1v) is 24.9. The SMILES string of the molecule is CCCCCCCCCC/C=C\CCCCCCCCC(O)C(=O)NC(CO)C(O)C(O)CCC/C=C/CC/C=C/CCCCCCCCCCCCCCCC. The lowest BCUT2D eigenvalue weighted by Crippen LogP contribution is -2.53. The Morgan fingerprint density at radius 3 is 1.11 bits per heavy atom. The lowest BCUT2D eigenvalue weighted by Gasteiger charge is -2.27. The molecule has 0 saturated heterocycles. The highest BCUT2D eigenvalue weighted by atomic mass is 16.3. The Morgan fingerprint density at radius 1 is 0.421 bits per heavy atom. The van der Waals surface area contributed by atoms with Crippen LogP contribution in [0.2, 0.25) is 0 Å². The quantitative estimate of drug-likeness (QED) is 0.0311. The zero-order chi connectivity index (χ0) is 41.7. The van der Waals surface area contributed by atoms with Crippen LogP contribution < -0.4 is 5.32 Å². The highest BCUT2D eigenvalue weighted by Gasteiger charge is 2.28. The molecule has 0 saturated carbocycles. The molecule has 0 aromatic heterocycles. The Bertz CT molecular complexity index is 904. The number of hydrogen-bond acceptors (Lipinski definition) is 5. The summed E-state index contributed by atoms with van der Waals surface area (Å²) in [5.74, 6) is -0.601. The normalized spacial score (nSPS) is 14.3. The number of aliphatic hydroxyl groups excluding tert-OH is 4. The van der Waals surface area contributed by atoms with Crippen LogP contribution in [0.5, 0.6) is 0 Å². The minimum atomic E-state index is -1.29. The fourth-order valence-electron chi connectivity index (χ4n) is 7.59. The zero-order valence-electron chi connectivity index (χ0n) is 37.8. The van der Waals surface area contributed by atoms with Gasteiger partial charge in [0.05, 0.1) is 18.8 Å². The van der Waals surface area contributed by atoms with E-state index < -0.39 is 36.9 Å². The summed E-state index contributed by atoms with van der Waals surface area (Å²) in [6, 6.07) is -1.01. The van der Waals surface area contributed by atoms with E-state index in [0.717, 1.165) is 51.4 Å². The third kappa shape index (κ3) is 39.7. The van der Waals surface area contributed by atoms with Gasteiger partial charge in [0.25, 0.3) is 0 Å². The second-order valence-electron chi connectivity index (χ2n) is 17.1. The van der Waals surface area contributed by atoms with Gasteiger partial charge in [-0.1, -0.05) is 211 Å². The summed E-state index contributed by atoms with van der Waals surface area (Å²) in [5, 5.41) is 43.8. The predicted octanol–water partition coefficient (Wildman–Crippen LogP) is 13.7. The molecule has 57 heavy (non-hydrogen) atoms. The van der Waals surface area contributed by atoms with Crippen molar-refractivity contribution in [2.45, 2.75) is 276 Å². The summed E-state index contributed by atoms with van der Waals surface area (Å²) >= 11 is 0. The first-order valence-electron chi connectivity index (χ1n) is 24.9. The topological polar surface area (TPSA) is 110 Å². The molecule has 0 aliphatic carbocycles. The molecule has 0 aromatic rings. The largest absolute Gasteiger partial charge is 0.394 e. The summed E-state index contributed by atoms with van der Waals surface area (Å²) < 4.78 is 0. The Balaban J connectivity index is 3.76. The Hall–Kier alpha value is -1.47. The highest BCUT2D eigenvalue weighted by Crippen LogP contribution is 2.16. The number of nitrogens with one attached hydrogen (secondary N) is 1. The molecular formula is C51H97NO5. The molecule has 0 fully saturated rings. The molecule has 0 aromatic carbocycles. The monoisotopic (exact) mass is 804 g/mol. The fourth-order valence-corrected chi connectivity index (χ4v) is 7.59. The second kappa shape index (κ2) is 45.6. The van der Waals surface area contributed by atoms with E-state index in [1.54, 1.807) is 0 Å². The van der Waals surface area contributed by atoms with Crippen LogP contribution in [0.3, 0.4) is 0 Å². The molecule has 0 aliphatic rings. The third-order valence-corrected chi connectivity index (χ3v) is 11.6. The van der Waals surface area contributed by atoms with Crippen LogP contribution in [-0.2, 0) is 4.79 Å². The summed E-state index contributed by atoms with van der Waals surface area (Å²) in [5.41, 5.74) is 0. The van der Waals surface area contributed by atoms with Crippen molar-refractivity contribution in [3.8, 4) is 0 Å². The van der Waals surface area contributed by atoms with Gasteiger partial charge in [-0.2, -0.15) is 0 Å². The molecule has 0 spiro atoms. The average Bonchev–Trinajstić information content (AvgIpc) is 3.22. The van der Waals surface area contributed by atoms with Crippen molar-refractivity contribution in [3.63, 3.8) is 0 Å². The maximum atomic E-state index is 12.5. The van der Waals surface area contributed by atoms with E-state index in [9.17, 15) is 25.2 Å².